The van der Waals surface area contributed by atoms with Crippen LogP contribution in [-0.4, -0.2) is 56.0 Å². The molecule has 2 saturated heterocycles. The lowest BCUT2D eigenvalue weighted by Crippen LogP contribution is -2.44. The predicted molar refractivity (Wildman–Crippen MR) is 103 cm³/mol. The third-order valence-electron chi connectivity index (χ3n) is 4.75. The number of amides is 1. The summed E-state index contributed by atoms with van der Waals surface area (Å²) in [6, 6.07) is 4.82. The summed E-state index contributed by atoms with van der Waals surface area (Å²) in [6.07, 6.45) is 5.25. The van der Waals surface area contributed by atoms with Crippen molar-refractivity contribution in [2.24, 2.45) is 0 Å². The fraction of sp³-hybridized carbons (Fsp3) is 0.500. The molecule has 0 saturated carbocycles. The number of hydrogen-bond acceptors (Lipinski definition) is 4. The molecule has 2 heterocycles. The number of hydrogen-bond donors (Lipinski definition) is 0. The van der Waals surface area contributed by atoms with Crippen molar-refractivity contribution in [1.82, 2.24) is 4.90 Å². The summed E-state index contributed by atoms with van der Waals surface area (Å²) < 4.78 is 29.3. The Kier molecular flexibility index (Phi) is 6.28. The average Bonchev–Trinajstić information content (AvgIpc) is 3.21. The molecule has 2 atom stereocenters. The number of ether oxygens (including phenoxy) is 1. The Morgan fingerprint density at radius 2 is 2.00 bits per heavy atom. The van der Waals surface area contributed by atoms with E-state index in [0.29, 0.717) is 35.2 Å². The van der Waals surface area contributed by atoms with E-state index in [1.807, 2.05) is 0 Å². The standard InChI is InChI=1S/C18H21Cl2NO4S/c19-16-4-1-5-17(20)15(16)6-7-18(22)21(11-14-3-2-9-25-14)13-8-10-26(23,24)12-13/h1,4-7,13-14H,2-3,8-12H2/b7-6+. The van der Waals surface area contributed by atoms with Crippen molar-refractivity contribution in [2.45, 2.75) is 31.4 Å². The molecule has 0 bridgehead atoms. The molecule has 2 unspecified atom stereocenters. The van der Waals surface area contributed by atoms with Gasteiger partial charge in [-0.1, -0.05) is 29.3 Å². The zero-order chi connectivity index (χ0) is 18.7. The number of halogens is 2. The summed E-state index contributed by atoms with van der Waals surface area (Å²) >= 11 is 12.3. The Labute approximate surface area is 163 Å². The van der Waals surface area contributed by atoms with Crippen LogP contribution in [0.4, 0.5) is 0 Å². The third-order valence-corrected chi connectivity index (χ3v) is 7.16. The van der Waals surface area contributed by atoms with Crippen LogP contribution in [0.1, 0.15) is 24.8 Å². The van der Waals surface area contributed by atoms with Crippen LogP contribution in [0.15, 0.2) is 24.3 Å². The average molecular weight is 418 g/mol. The van der Waals surface area contributed by atoms with Crippen LogP contribution >= 0.6 is 23.2 Å². The van der Waals surface area contributed by atoms with E-state index in [4.69, 9.17) is 27.9 Å². The van der Waals surface area contributed by atoms with Crippen molar-refractivity contribution >= 4 is 45.0 Å². The van der Waals surface area contributed by atoms with Crippen LogP contribution in [0.25, 0.3) is 6.08 Å². The zero-order valence-electron chi connectivity index (χ0n) is 14.2. The molecule has 5 nitrogen and oxygen atoms in total. The Balaban J connectivity index is 1.78. The Morgan fingerprint density at radius 3 is 2.58 bits per heavy atom. The third kappa shape index (κ3) is 4.80. The van der Waals surface area contributed by atoms with E-state index >= 15 is 0 Å². The molecule has 26 heavy (non-hydrogen) atoms. The molecule has 2 fully saturated rings. The molecule has 0 N–H and O–H groups in total. The van der Waals surface area contributed by atoms with Crippen LogP contribution in [-0.2, 0) is 19.4 Å². The second kappa shape index (κ2) is 8.30. The van der Waals surface area contributed by atoms with Gasteiger partial charge in [0.05, 0.1) is 17.6 Å². The van der Waals surface area contributed by atoms with Gasteiger partial charge in [0.25, 0.3) is 0 Å². The van der Waals surface area contributed by atoms with E-state index in [2.05, 4.69) is 0 Å². The maximum atomic E-state index is 12.8. The van der Waals surface area contributed by atoms with Gasteiger partial charge in [-0.2, -0.15) is 0 Å². The number of carbonyl (C=O) groups is 1. The minimum absolute atomic E-state index is 0.00610. The van der Waals surface area contributed by atoms with Gasteiger partial charge < -0.3 is 9.64 Å². The van der Waals surface area contributed by atoms with E-state index in [0.717, 1.165) is 12.8 Å². The molecule has 1 amide bonds. The first-order valence-electron chi connectivity index (χ1n) is 8.60. The first kappa shape index (κ1) is 19.7. The predicted octanol–water partition coefficient (Wildman–Crippen LogP) is 3.20. The highest BCUT2D eigenvalue weighted by atomic mass is 35.5. The highest BCUT2D eigenvalue weighted by molar-refractivity contribution is 7.91. The van der Waals surface area contributed by atoms with E-state index < -0.39 is 9.84 Å². The van der Waals surface area contributed by atoms with E-state index in [9.17, 15) is 13.2 Å². The van der Waals surface area contributed by atoms with Gasteiger partial charge in [0.1, 0.15) is 0 Å². The van der Waals surface area contributed by atoms with E-state index in [-0.39, 0.29) is 29.6 Å². The molecule has 0 radical (unpaired) electrons. The molecule has 1 aromatic carbocycles. The van der Waals surface area contributed by atoms with Gasteiger partial charge in [-0.15, -0.1) is 0 Å². The minimum Gasteiger partial charge on any atom is -0.376 e. The van der Waals surface area contributed by atoms with Crippen LogP contribution in [0.2, 0.25) is 10.0 Å². The molecule has 0 aliphatic carbocycles. The van der Waals surface area contributed by atoms with Gasteiger partial charge >= 0.3 is 0 Å². The summed E-state index contributed by atoms with van der Waals surface area (Å²) in [5, 5.41) is 0.909. The number of sulfone groups is 1. The first-order chi connectivity index (χ1) is 12.4. The van der Waals surface area contributed by atoms with Gasteiger partial charge in [-0.25, -0.2) is 8.42 Å². The topological polar surface area (TPSA) is 63.7 Å². The molecular formula is C18H21Cl2NO4S. The van der Waals surface area contributed by atoms with Crippen molar-refractivity contribution in [2.75, 3.05) is 24.7 Å². The second-order valence-electron chi connectivity index (χ2n) is 6.65. The van der Waals surface area contributed by atoms with Gasteiger partial charge in [-0.3, -0.25) is 4.79 Å². The lowest BCUT2D eigenvalue weighted by atomic mass is 10.1. The molecule has 8 heteroatoms. The monoisotopic (exact) mass is 417 g/mol. The second-order valence-corrected chi connectivity index (χ2v) is 9.69. The largest absolute Gasteiger partial charge is 0.376 e. The maximum Gasteiger partial charge on any atom is 0.246 e. The number of nitrogens with zero attached hydrogens (tertiary/aromatic N) is 1. The highest BCUT2D eigenvalue weighted by Gasteiger charge is 2.35. The fourth-order valence-electron chi connectivity index (χ4n) is 3.37. The smallest absolute Gasteiger partial charge is 0.246 e. The summed E-state index contributed by atoms with van der Waals surface area (Å²) in [5.74, 6) is -0.127. The molecule has 3 rings (SSSR count). The molecule has 142 valence electrons. The molecule has 1 aromatic rings. The van der Waals surface area contributed by atoms with E-state index in [1.54, 1.807) is 29.2 Å². The normalized spacial score (nSPS) is 25.0. The molecule has 0 spiro atoms. The Morgan fingerprint density at radius 1 is 1.27 bits per heavy atom. The quantitative estimate of drug-likeness (QED) is 0.689. The molecule has 0 aromatic heterocycles. The molecular weight excluding hydrogens is 397 g/mol. The van der Waals surface area contributed by atoms with E-state index in [1.165, 1.54) is 6.08 Å². The van der Waals surface area contributed by atoms with Crippen molar-refractivity contribution in [1.29, 1.82) is 0 Å². The zero-order valence-corrected chi connectivity index (χ0v) is 16.6. The molecule has 2 aliphatic heterocycles. The van der Waals surface area contributed by atoms with Crippen LogP contribution in [0, 0.1) is 0 Å². The minimum atomic E-state index is -3.09. The van der Waals surface area contributed by atoms with Crippen LogP contribution in [0.3, 0.4) is 0 Å². The fourth-order valence-corrected chi connectivity index (χ4v) is 5.62. The summed E-state index contributed by atoms with van der Waals surface area (Å²) in [6.45, 7) is 1.08. The summed E-state index contributed by atoms with van der Waals surface area (Å²) in [4.78, 5) is 14.5. The highest BCUT2D eigenvalue weighted by Crippen LogP contribution is 2.26. The lowest BCUT2D eigenvalue weighted by Gasteiger charge is -2.29. The summed E-state index contributed by atoms with van der Waals surface area (Å²) in [7, 11) is -3.09. The van der Waals surface area contributed by atoms with Crippen molar-refractivity contribution in [3.05, 3.63) is 39.9 Å². The van der Waals surface area contributed by atoms with Crippen molar-refractivity contribution < 1.29 is 17.9 Å². The van der Waals surface area contributed by atoms with Gasteiger partial charge in [0, 0.05) is 40.9 Å². The number of benzene rings is 1. The number of carbonyl (C=O) groups excluding carboxylic acids is 1. The Hall–Kier alpha value is -1.08. The van der Waals surface area contributed by atoms with Gasteiger partial charge in [0.2, 0.25) is 5.91 Å². The van der Waals surface area contributed by atoms with Gasteiger partial charge in [-0.05, 0) is 37.5 Å². The summed E-state index contributed by atoms with van der Waals surface area (Å²) in [5.41, 5.74) is 0.570. The number of rotatable bonds is 5. The van der Waals surface area contributed by atoms with Gasteiger partial charge in [0.15, 0.2) is 9.84 Å². The maximum absolute atomic E-state index is 12.8. The SMILES string of the molecule is O=C(/C=C/c1c(Cl)cccc1Cl)N(CC1CCCO1)C1CCS(=O)(=O)C1. The van der Waals surface area contributed by atoms with Crippen molar-refractivity contribution in [3.8, 4) is 0 Å². The lowest BCUT2D eigenvalue weighted by molar-refractivity contribution is -0.129. The Bertz CT molecular complexity index is 783. The van der Waals surface area contributed by atoms with Crippen LogP contribution in [0.5, 0.6) is 0 Å². The molecule has 2 aliphatic rings. The van der Waals surface area contributed by atoms with Crippen molar-refractivity contribution in [3.63, 3.8) is 0 Å². The van der Waals surface area contributed by atoms with Crippen LogP contribution < -0.4 is 0 Å². The first-order valence-corrected chi connectivity index (χ1v) is 11.2.